The summed E-state index contributed by atoms with van der Waals surface area (Å²) in [6.45, 7) is 11.3. The second-order valence-electron chi connectivity index (χ2n) is 7.18. The molecule has 0 saturated carbocycles. The van der Waals surface area contributed by atoms with E-state index in [-0.39, 0.29) is 24.0 Å². The summed E-state index contributed by atoms with van der Waals surface area (Å²) in [6, 6.07) is 0.539. The Hall–Kier alpha value is -0.120. The number of ether oxygens (including phenoxy) is 2. The maximum Gasteiger partial charge on any atom is 0.191 e. The van der Waals surface area contributed by atoms with E-state index in [0.29, 0.717) is 12.1 Å². The van der Waals surface area contributed by atoms with E-state index < -0.39 is 0 Å². The van der Waals surface area contributed by atoms with Crippen LogP contribution in [-0.2, 0) is 9.47 Å². The van der Waals surface area contributed by atoms with Gasteiger partial charge in [0.15, 0.2) is 5.96 Å². The van der Waals surface area contributed by atoms with Crippen LogP contribution in [0, 0.1) is 5.92 Å². The zero-order valence-corrected chi connectivity index (χ0v) is 18.5. The van der Waals surface area contributed by atoms with Crippen molar-refractivity contribution in [2.75, 3.05) is 53.0 Å². The molecule has 0 radical (unpaired) electrons. The van der Waals surface area contributed by atoms with Gasteiger partial charge >= 0.3 is 0 Å². The molecule has 0 amide bonds. The van der Waals surface area contributed by atoms with Crippen molar-refractivity contribution in [1.29, 1.82) is 0 Å². The maximum atomic E-state index is 5.77. The predicted molar refractivity (Wildman–Crippen MR) is 114 cm³/mol. The molecule has 2 N–H and O–H groups in total. The molecule has 2 aliphatic heterocycles. The van der Waals surface area contributed by atoms with Gasteiger partial charge in [-0.05, 0) is 45.1 Å². The van der Waals surface area contributed by atoms with Crippen molar-refractivity contribution < 1.29 is 9.47 Å². The lowest BCUT2D eigenvalue weighted by Crippen LogP contribution is -2.48. The van der Waals surface area contributed by atoms with Gasteiger partial charge in [0, 0.05) is 45.9 Å². The van der Waals surface area contributed by atoms with Gasteiger partial charge in [-0.25, -0.2) is 0 Å². The molecule has 0 spiro atoms. The largest absolute Gasteiger partial charge is 0.379 e. The average Bonchev–Trinajstić information content (AvgIpc) is 3.10. The van der Waals surface area contributed by atoms with Crippen molar-refractivity contribution in [3.8, 4) is 0 Å². The van der Waals surface area contributed by atoms with E-state index in [2.05, 4.69) is 34.4 Å². The Balaban J connectivity index is 0.00000312. The zero-order chi connectivity index (χ0) is 17.2. The number of hydrogen-bond acceptors (Lipinski definition) is 4. The lowest BCUT2D eigenvalue weighted by Gasteiger charge is -2.35. The molecule has 0 aliphatic carbocycles. The fourth-order valence-corrected chi connectivity index (χ4v) is 3.39. The Kier molecular flexibility index (Phi) is 12.0. The number of likely N-dealkylation sites (tertiary alicyclic amines) is 1. The highest BCUT2D eigenvalue weighted by Gasteiger charge is 2.20. The first-order chi connectivity index (χ1) is 11.7. The number of aliphatic imine (C=N–C) groups is 1. The third-order valence-electron chi connectivity index (χ3n) is 4.96. The van der Waals surface area contributed by atoms with Gasteiger partial charge in [-0.2, -0.15) is 0 Å². The minimum atomic E-state index is 0. The molecule has 2 saturated heterocycles. The Morgan fingerprint density at radius 2 is 2.20 bits per heavy atom. The molecule has 6 nitrogen and oxygen atoms in total. The summed E-state index contributed by atoms with van der Waals surface area (Å²) < 4.78 is 11.1. The van der Waals surface area contributed by atoms with Gasteiger partial charge < -0.3 is 20.1 Å². The molecular formula is C18H37IN4O2. The van der Waals surface area contributed by atoms with E-state index in [1.807, 2.05) is 7.05 Å². The van der Waals surface area contributed by atoms with Crippen molar-refractivity contribution in [3.63, 3.8) is 0 Å². The smallest absolute Gasteiger partial charge is 0.191 e. The van der Waals surface area contributed by atoms with E-state index in [1.165, 1.54) is 25.9 Å². The molecule has 2 fully saturated rings. The van der Waals surface area contributed by atoms with Gasteiger partial charge in [0.1, 0.15) is 0 Å². The van der Waals surface area contributed by atoms with Crippen LogP contribution in [-0.4, -0.2) is 76.1 Å². The third-order valence-corrected chi connectivity index (χ3v) is 4.96. The van der Waals surface area contributed by atoms with Crippen molar-refractivity contribution in [3.05, 3.63) is 0 Å². The summed E-state index contributed by atoms with van der Waals surface area (Å²) in [6.07, 6.45) is 5.01. The number of guanidine groups is 1. The number of nitrogens with one attached hydrogen (secondary N) is 2. The summed E-state index contributed by atoms with van der Waals surface area (Å²) in [5.41, 5.74) is 0. The Morgan fingerprint density at radius 3 is 2.88 bits per heavy atom. The normalized spacial score (nSPS) is 26.1. The quantitative estimate of drug-likeness (QED) is 0.247. The van der Waals surface area contributed by atoms with Crippen LogP contribution in [0.4, 0.5) is 0 Å². The van der Waals surface area contributed by atoms with Crippen LogP contribution in [0.2, 0.25) is 0 Å². The third kappa shape index (κ3) is 8.88. The van der Waals surface area contributed by atoms with Crippen LogP contribution in [0.25, 0.3) is 0 Å². The molecule has 2 aliphatic rings. The first-order valence-corrected chi connectivity index (χ1v) is 9.57. The summed E-state index contributed by atoms with van der Waals surface area (Å²) >= 11 is 0. The Morgan fingerprint density at radius 1 is 1.36 bits per heavy atom. The molecule has 2 rings (SSSR count). The van der Waals surface area contributed by atoms with Crippen LogP contribution in [0.15, 0.2) is 4.99 Å². The average molecular weight is 468 g/mol. The molecule has 0 aromatic carbocycles. The molecule has 0 aromatic heterocycles. The van der Waals surface area contributed by atoms with Crippen molar-refractivity contribution in [2.45, 2.75) is 51.7 Å². The molecule has 0 aromatic rings. The van der Waals surface area contributed by atoms with Gasteiger partial charge in [-0.3, -0.25) is 9.89 Å². The number of hydrogen-bond donors (Lipinski definition) is 2. The first kappa shape index (κ1) is 22.9. The summed E-state index contributed by atoms with van der Waals surface area (Å²) in [7, 11) is 1.83. The van der Waals surface area contributed by atoms with Gasteiger partial charge in [-0.1, -0.05) is 6.92 Å². The highest BCUT2D eigenvalue weighted by atomic mass is 127. The molecular weight excluding hydrogens is 431 g/mol. The fourth-order valence-electron chi connectivity index (χ4n) is 3.39. The van der Waals surface area contributed by atoms with Crippen LogP contribution in [0.3, 0.4) is 0 Å². The molecule has 25 heavy (non-hydrogen) atoms. The van der Waals surface area contributed by atoms with Gasteiger partial charge in [0.05, 0.1) is 12.7 Å². The van der Waals surface area contributed by atoms with Gasteiger partial charge in [-0.15, -0.1) is 24.0 Å². The number of nitrogens with zero attached hydrogens (tertiary/aromatic N) is 2. The van der Waals surface area contributed by atoms with Crippen molar-refractivity contribution >= 4 is 29.9 Å². The highest BCUT2D eigenvalue weighted by molar-refractivity contribution is 14.0. The second kappa shape index (κ2) is 13.1. The summed E-state index contributed by atoms with van der Waals surface area (Å²) in [5, 5.41) is 6.82. The lowest BCUT2D eigenvalue weighted by atomic mass is 9.99. The molecule has 3 atom stereocenters. The molecule has 2 heterocycles. The molecule has 0 bridgehead atoms. The van der Waals surface area contributed by atoms with Crippen LogP contribution in [0.1, 0.15) is 39.5 Å². The van der Waals surface area contributed by atoms with Crippen molar-refractivity contribution in [2.24, 2.45) is 10.9 Å². The Labute approximate surface area is 170 Å². The predicted octanol–water partition coefficient (Wildman–Crippen LogP) is 2.09. The van der Waals surface area contributed by atoms with Crippen LogP contribution < -0.4 is 10.6 Å². The topological polar surface area (TPSA) is 58.1 Å². The van der Waals surface area contributed by atoms with Gasteiger partial charge in [0.2, 0.25) is 0 Å². The van der Waals surface area contributed by atoms with E-state index in [0.717, 1.165) is 57.6 Å². The summed E-state index contributed by atoms with van der Waals surface area (Å²) in [4.78, 5) is 6.90. The second-order valence-corrected chi connectivity index (χ2v) is 7.18. The Bertz CT molecular complexity index is 378. The van der Waals surface area contributed by atoms with Crippen molar-refractivity contribution in [1.82, 2.24) is 15.5 Å². The molecule has 148 valence electrons. The van der Waals surface area contributed by atoms with E-state index in [9.17, 15) is 0 Å². The number of halogens is 1. The van der Waals surface area contributed by atoms with E-state index in [4.69, 9.17) is 9.47 Å². The lowest BCUT2D eigenvalue weighted by molar-refractivity contribution is 0.0420. The molecule has 7 heteroatoms. The van der Waals surface area contributed by atoms with Crippen LogP contribution >= 0.6 is 24.0 Å². The minimum Gasteiger partial charge on any atom is -0.379 e. The minimum absolute atomic E-state index is 0. The zero-order valence-electron chi connectivity index (χ0n) is 16.1. The fraction of sp³-hybridized carbons (Fsp3) is 0.944. The monoisotopic (exact) mass is 468 g/mol. The number of rotatable bonds is 8. The highest BCUT2D eigenvalue weighted by Crippen LogP contribution is 2.17. The SMILES string of the molecule is CN=C(NCCCOC1CCOC1)NCC(C)N1CCCC(C)C1.I. The van der Waals surface area contributed by atoms with Gasteiger partial charge in [0.25, 0.3) is 0 Å². The van der Waals surface area contributed by atoms with E-state index >= 15 is 0 Å². The molecule has 3 unspecified atom stereocenters. The van der Waals surface area contributed by atoms with E-state index in [1.54, 1.807) is 0 Å². The maximum absolute atomic E-state index is 5.77. The number of piperidine rings is 1. The first-order valence-electron chi connectivity index (χ1n) is 9.57. The van der Waals surface area contributed by atoms with Crippen LogP contribution in [0.5, 0.6) is 0 Å². The summed E-state index contributed by atoms with van der Waals surface area (Å²) in [5.74, 6) is 1.71. The standard InChI is InChI=1S/C18H36N4O2.HI/c1-15-6-4-9-22(13-15)16(2)12-21-18(19-3)20-8-5-10-24-17-7-11-23-14-17;/h15-17H,4-14H2,1-3H3,(H2,19,20,21);1H.